The van der Waals surface area contributed by atoms with Crippen molar-refractivity contribution in [2.45, 2.75) is 17.4 Å². The molecule has 1 aromatic carbocycles. The molecule has 0 bridgehead atoms. The Hall–Kier alpha value is -2.85. The number of ether oxygens (including phenoxy) is 1. The van der Waals surface area contributed by atoms with Gasteiger partial charge in [0, 0.05) is 42.8 Å². The van der Waals surface area contributed by atoms with Crippen LogP contribution in [0.1, 0.15) is 12.0 Å². The second kappa shape index (κ2) is 7.64. The molecule has 148 valence electrons. The number of nitrogens with one attached hydrogen (secondary N) is 1. The number of aromatic nitrogens is 2. The predicted octanol–water partition coefficient (Wildman–Crippen LogP) is 3.16. The number of nitrogen functional groups attached to an aromatic ring is 1. The monoisotopic (exact) mass is 408 g/mol. The number of halogens is 2. The molecule has 0 fully saturated rings. The van der Waals surface area contributed by atoms with Crippen molar-refractivity contribution in [1.82, 2.24) is 9.97 Å². The smallest absolute Gasteiger partial charge is 0.229 e. The molecule has 2 aromatic rings. The summed E-state index contributed by atoms with van der Waals surface area (Å²) in [5, 5.41) is 2.87. The van der Waals surface area contributed by atoms with Gasteiger partial charge in [0.05, 0.1) is 11.0 Å². The number of rotatable bonds is 5. The summed E-state index contributed by atoms with van der Waals surface area (Å²) < 4.78 is 56.1. The van der Waals surface area contributed by atoms with Gasteiger partial charge in [0.1, 0.15) is 11.6 Å². The Bertz CT molecular complexity index is 1070. The standard InChI is InChI=1S/C18H18F2N4O3S/c1-27-11-7-13(16(20)15(19)8-11)14-9-22-18(24-17(14)21)23-10-3-5-12(6-4-10)28(2,25)26/h3-7,9,11H,8H2,1-2H3,(H3,21,22,23,24). The van der Waals surface area contributed by atoms with Gasteiger partial charge in [0.25, 0.3) is 0 Å². The van der Waals surface area contributed by atoms with E-state index in [9.17, 15) is 17.2 Å². The van der Waals surface area contributed by atoms with Gasteiger partial charge < -0.3 is 15.8 Å². The van der Waals surface area contributed by atoms with Gasteiger partial charge in [0.2, 0.25) is 5.95 Å². The van der Waals surface area contributed by atoms with Crippen molar-refractivity contribution < 1.29 is 21.9 Å². The Morgan fingerprint density at radius 1 is 1.25 bits per heavy atom. The molecule has 1 unspecified atom stereocenters. The van der Waals surface area contributed by atoms with E-state index < -0.39 is 27.6 Å². The minimum Gasteiger partial charge on any atom is -0.383 e. The minimum absolute atomic E-state index is 0.0452. The molecular formula is C18H18F2N4O3S. The van der Waals surface area contributed by atoms with Crippen LogP contribution in [0.4, 0.5) is 26.2 Å². The van der Waals surface area contributed by atoms with Crippen LogP contribution in [0.15, 0.2) is 53.1 Å². The number of anilines is 3. The van der Waals surface area contributed by atoms with Crippen LogP contribution in [-0.4, -0.2) is 37.9 Å². The van der Waals surface area contributed by atoms with Crippen molar-refractivity contribution in [3.63, 3.8) is 0 Å². The topological polar surface area (TPSA) is 107 Å². The van der Waals surface area contributed by atoms with E-state index in [2.05, 4.69) is 15.3 Å². The molecular weight excluding hydrogens is 390 g/mol. The summed E-state index contributed by atoms with van der Waals surface area (Å²) in [4.78, 5) is 8.32. The number of hydrogen-bond donors (Lipinski definition) is 2. The molecule has 1 aliphatic carbocycles. The number of sulfone groups is 1. The molecule has 0 spiro atoms. The fraction of sp³-hybridized carbons (Fsp3) is 0.222. The molecule has 28 heavy (non-hydrogen) atoms. The number of allylic oxidation sites excluding steroid dienone is 2. The first-order valence-electron chi connectivity index (χ1n) is 8.18. The fourth-order valence-electron chi connectivity index (χ4n) is 2.67. The van der Waals surface area contributed by atoms with Gasteiger partial charge in [-0.25, -0.2) is 22.2 Å². The zero-order valence-electron chi connectivity index (χ0n) is 15.1. The van der Waals surface area contributed by atoms with Gasteiger partial charge in [-0.2, -0.15) is 4.98 Å². The van der Waals surface area contributed by atoms with Crippen LogP contribution in [-0.2, 0) is 14.6 Å². The lowest BCUT2D eigenvalue weighted by Crippen LogP contribution is -2.14. The summed E-state index contributed by atoms with van der Waals surface area (Å²) in [6, 6.07) is 5.98. The summed E-state index contributed by atoms with van der Waals surface area (Å²) in [5.74, 6) is -1.85. The molecule has 0 amide bonds. The van der Waals surface area contributed by atoms with Crippen LogP contribution in [0.2, 0.25) is 0 Å². The first-order valence-corrected chi connectivity index (χ1v) is 10.1. The third kappa shape index (κ3) is 4.18. The molecule has 1 aromatic heterocycles. The fourth-order valence-corrected chi connectivity index (χ4v) is 3.30. The van der Waals surface area contributed by atoms with E-state index in [0.717, 1.165) is 6.26 Å². The van der Waals surface area contributed by atoms with Crippen molar-refractivity contribution in [2.24, 2.45) is 0 Å². The molecule has 1 atom stereocenters. The Labute approximate surface area is 160 Å². The molecule has 1 heterocycles. The maximum absolute atomic E-state index is 14.2. The summed E-state index contributed by atoms with van der Waals surface area (Å²) in [6.07, 6.45) is 3.04. The lowest BCUT2D eigenvalue weighted by Gasteiger charge is -2.19. The van der Waals surface area contributed by atoms with Crippen molar-refractivity contribution >= 4 is 32.9 Å². The van der Waals surface area contributed by atoms with Crippen LogP contribution >= 0.6 is 0 Å². The predicted molar refractivity (Wildman–Crippen MR) is 102 cm³/mol. The second-order valence-corrected chi connectivity index (χ2v) is 8.21. The number of hydrogen-bond acceptors (Lipinski definition) is 7. The Kier molecular flexibility index (Phi) is 5.43. The quantitative estimate of drug-likeness (QED) is 0.782. The molecule has 0 saturated carbocycles. The lowest BCUT2D eigenvalue weighted by molar-refractivity contribution is 0.133. The van der Waals surface area contributed by atoms with Crippen molar-refractivity contribution in [3.05, 3.63) is 53.8 Å². The highest BCUT2D eigenvalue weighted by Gasteiger charge is 2.25. The SMILES string of the molecule is COC1C=C(c2cnc(Nc3ccc(S(C)(=O)=O)cc3)nc2N)C(F)=C(F)C1. The van der Waals surface area contributed by atoms with Crippen LogP contribution in [0.25, 0.3) is 5.57 Å². The van der Waals surface area contributed by atoms with E-state index in [1.807, 2.05) is 0 Å². The minimum atomic E-state index is -3.30. The highest BCUT2D eigenvalue weighted by Crippen LogP contribution is 2.36. The van der Waals surface area contributed by atoms with Crippen molar-refractivity contribution in [1.29, 1.82) is 0 Å². The van der Waals surface area contributed by atoms with Crippen LogP contribution in [0.3, 0.4) is 0 Å². The number of nitrogens with two attached hydrogens (primary N) is 1. The van der Waals surface area contributed by atoms with E-state index in [1.165, 1.54) is 31.5 Å². The van der Waals surface area contributed by atoms with E-state index in [0.29, 0.717) is 5.69 Å². The van der Waals surface area contributed by atoms with Gasteiger partial charge >= 0.3 is 0 Å². The summed E-state index contributed by atoms with van der Waals surface area (Å²) in [6.45, 7) is 0. The summed E-state index contributed by atoms with van der Waals surface area (Å²) in [7, 11) is -1.90. The molecule has 0 saturated heterocycles. The van der Waals surface area contributed by atoms with Gasteiger partial charge in [0.15, 0.2) is 15.7 Å². The third-order valence-electron chi connectivity index (χ3n) is 4.16. The zero-order valence-corrected chi connectivity index (χ0v) is 15.9. The third-order valence-corrected chi connectivity index (χ3v) is 5.29. The average molecular weight is 408 g/mol. The molecule has 0 aliphatic heterocycles. The van der Waals surface area contributed by atoms with Crippen LogP contribution in [0.5, 0.6) is 0 Å². The highest BCUT2D eigenvalue weighted by molar-refractivity contribution is 7.90. The van der Waals surface area contributed by atoms with Crippen LogP contribution in [0, 0.1) is 0 Å². The molecule has 7 nitrogen and oxygen atoms in total. The van der Waals surface area contributed by atoms with Gasteiger partial charge in [-0.1, -0.05) is 0 Å². The zero-order chi connectivity index (χ0) is 20.5. The van der Waals surface area contributed by atoms with Gasteiger partial charge in [-0.3, -0.25) is 0 Å². The molecule has 1 aliphatic rings. The molecule has 10 heteroatoms. The highest BCUT2D eigenvalue weighted by atomic mass is 32.2. The largest absolute Gasteiger partial charge is 0.383 e. The van der Waals surface area contributed by atoms with Gasteiger partial charge in [-0.05, 0) is 30.3 Å². The second-order valence-electron chi connectivity index (χ2n) is 6.19. The lowest BCUT2D eigenvalue weighted by atomic mass is 9.97. The Morgan fingerprint density at radius 2 is 1.93 bits per heavy atom. The average Bonchev–Trinajstić information content (AvgIpc) is 2.64. The molecule has 0 radical (unpaired) electrons. The van der Waals surface area contributed by atoms with E-state index in [4.69, 9.17) is 10.5 Å². The first kappa shape index (κ1) is 19.9. The Balaban J connectivity index is 1.86. The molecule has 3 N–H and O–H groups in total. The first-order chi connectivity index (χ1) is 13.2. The van der Waals surface area contributed by atoms with E-state index >= 15 is 0 Å². The van der Waals surface area contributed by atoms with E-state index in [1.54, 1.807) is 12.1 Å². The van der Waals surface area contributed by atoms with Crippen molar-refractivity contribution in [3.8, 4) is 0 Å². The van der Waals surface area contributed by atoms with Crippen molar-refractivity contribution in [2.75, 3.05) is 24.4 Å². The normalized spacial score (nSPS) is 17.4. The summed E-state index contributed by atoms with van der Waals surface area (Å²) >= 11 is 0. The Morgan fingerprint density at radius 3 is 2.50 bits per heavy atom. The maximum Gasteiger partial charge on any atom is 0.229 e. The molecule has 3 rings (SSSR count). The van der Waals surface area contributed by atoms with E-state index in [-0.39, 0.29) is 34.2 Å². The summed E-state index contributed by atoms with van der Waals surface area (Å²) in [5.41, 5.74) is 6.54. The van der Waals surface area contributed by atoms with Gasteiger partial charge in [-0.15, -0.1) is 0 Å². The number of benzene rings is 1. The number of nitrogens with zero attached hydrogens (tertiary/aromatic N) is 2. The van der Waals surface area contributed by atoms with Crippen LogP contribution < -0.4 is 11.1 Å². The number of methoxy groups -OCH3 is 1. The maximum atomic E-state index is 14.2.